The third kappa shape index (κ3) is 5.70. The number of aryl methyl sites for hydroxylation is 1. The van der Waals surface area contributed by atoms with Gasteiger partial charge in [-0.25, -0.2) is 0 Å². The number of amidine groups is 1. The molecule has 9 heteroatoms. The second-order valence-corrected chi connectivity index (χ2v) is 8.74. The minimum Gasteiger partial charge on any atom is -0.486 e. The molecule has 1 aliphatic heterocycles. The van der Waals surface area contributed by atoms with Crippen molar-refractivity contribution in [3.63, 3.8) is 0 Å². The summed E-state index contributed by atoms with van der Waals surface area (Å²) in [6, 6.07) is 12.6. The normalized spacial score (nSPS) is 16.9. The van der Waals surface area contributed by atoms with E-state index in [2.05, 4.69) is 4.99 Å². The smallest absolute Gasteiger partial charge is 0.271 e. The number of carbonyl (C=O) groups excluding carboxylic acids is 1. The number of halogens is 1. The molecule has 3 rings (SSSR count). The molecule has 32 heavy (non-hydrogen) atoms. The molecule has 170 valence electrons. The Bertz CT molecular complexity index is 1050. The number of ether oxygens (including phenoxy) is 1. The van der Waals surface area contributed by atoms with Crippen LogP contribution in [0.4, 0.5) is 5.69 Å². The van der Waals surface area contributed by atoms with Crippen LogP contribution < -0.4 is 9.64 Å². The molecule has 0 radical (unpaired) electrons. The maximum atomic E-state index is 13.3. The lowest BCUT2D eigenvalue weighted by atomic mass is 10.1. The summed E-state index contributed by atoms with van der Waals surface area (Å²) in [5.41, 5.74) is 2.45. The van der Waals surface area contributed by atoms with E-state index in [1.165, 1.54) is 11.8 Å². The Labute approximate surface area is 196 Å². The SMILES string of the molecule is CCC/N=C1\S/C(=C\c2ccc(OCC(O)(O)CO)c(Cl)c2)C(=O)N1c1ccccc1C. The van der Waals surface area contributed by atoms with Crippen LogP contribution in [-0.2, 0) is 4.79 Å². The Morgan fingerprint density at radius 2 is 2.00 bits per heavy atom. The summed E-state index contributed by atoms with van der Waals surface area (Å²) in [7, 11) is 0. The summed E-state index contributed by atoms with van der Waals surface area (Å²) in [6.45, 7) is 3.20. The number of amides is 1. The second kappa shape index (κ2) is 10.5. The molecular formula is C23H25ClN2O5S. The number of hydrogen-bond donors (Lipinski definition) is 3. The molecule has 1 heterocycles. The van der Waals surface area contributed by atoms with Crippen LogP contribution in [0.5, 0.6) is 5.75 Å². The molecule has 0 saturated carbocycles. The molecule has 0 atom stereocenters. The molecule has 2 aromatic rings. The van der Waals surface area contributed by atoms with Gasteiger partial charge in [-0.1, -0.05) is 42.8 Å². The first-order chi connectivity index (χ1) is 15.3. The van der Waals surface area contributed by atoms with Crippen LogP contribution in [-0.4, -0.2) is 51.9 Å². The summed E-state index contributed by atoms with van der Waals surface area (Å²) >= 11 is 7.57. The summed E-state index contributed by atoms with van der Waals surface area (Å²) in [4.78, 5) is 20.0. The minimum atomic E-state index is -2.36. The Kier molecular flexibility index (Phi) is 7.97. The zero-order chi connectivity index (χ0) is 23.3. The third-order valence-corrected chi connectivity index (χ3v) is 5.90. The van der Waals surface area contributed by atoms with Crippen molar-refractivity contribution in [2.75, 3.05) is 24.7 Å². The summed E-state index contributed by atoms with van der Waals surface area (Å²) < 4.78 is 5.28. The number of nitrogens with zero attached hydrogens (tertiary/aromatic N) is 2. The molecule has 0 spiro atoms. The highest BCUT2D eigenvalue weighted by Crippen LogP contribution is 2.38. The lowest BCUT2D eigenvalue weighted by Crippen LogP contribution is -2.39. The highest BCUT2D eigenvalue weighted by molar-refractivity contribution is 8.19. The molecule has 0 aliphatic carbocycles. The van der Waals surface area contributed by atoms with Crippen molar-refractivity contribution in [2.24, 2.45) is 4.99 Å². The molecule has 0 aromatic heterocycles. The maximum absolute atomic E-state index is 13.3. The molecule has 2 aromatic carbocycles. The first kappa shape index (κ1) is 24.3. The summed E-state index contributed by atoms with van der Waals surface area (Å²) in [5.74, 6) is -2.29. The van der Waals surface area contributed by atoms with Gasteiger partial charge in [0, 0.05) is 6.54 Å². The molecule has 1 amide bonds. The maximum Gasteiger partial charge on any atom is 0.271 e. The monoisotopic (exact) mass is 476 g/mol. The first-order valence-electron chi connectivity index (χ1n) is 10.1. The van der Waals surface area contributed by atoms with Crippen molar-refractivity contribution in [3.05, 3.63) is 63.5 Å². The largest absolute Gasteiger partial charge is 0.486 e. The summed E-state index contributed by atoms with van der Waals surface area (Å²) in [5, 5.41) is 28.7. The first-order valence-corrected chi connectivity index (χ1v) is 11.3. The fraction of sp³-hybridized carbons (Fsp3) is 0.304. The quantitative estimate of drug-likeness (QED) is 0.397. The number of anilines is 1. The van der Waals surface area contributed by atoms with Crippen LogP contribution in [0.1, 0.15) is 24.5 Å². The lowest BCUT2D eigenvalue weighted by molar-refractivity contribution is -0.203. The van der Waals surface area contributed by atoms with Crippen molar-refractivity contribution in [1.29, 1.82) is 0 Å². The van der Waals surface area contributed by atoms with Gasteiger partial charge in [-0.3, -0.25) is 14.7 Å². The van der Waals surface area contributed by atoms with Crippen molar-refractivity contribution in [1.82, 2.24) is 0 Å². The van der Waals surface area contributed by atoms with E-state index < -0.39 is 19.0 Å². The van der Waals surface area contributed by atoms with Crippen molar-refractivity contribution in [3.8, 4) is 5.75 Å². The van der Waals surface area contributed by atoms with Gasteiger partial charge in [-0.15, -0.1) is 0 Å². The van der Waals surface area contributed by atoms with Crippen molar-refractivity contribution in [2.45, 2.75) is 26.1 Å². The number of para-hydroxylation sites is 1. The molecule has 0 unspecified atom stereocenters. The van der Waals surface area contributed by atoms with Crippen molar-refractivity contribution >= 4 is 46.2 Å². The van der Waals surface area contributed by atoms with Crippen LogP contribution in [0.25, 0.3) is 6.08 Å². The van der Waals surface area contributed by atoms with Gasteiger partial charge < -0.3 is 20.1 Å². The number of hydrogen-bond acceptors (Lipinski definition) is 7. The number of benzene rings is 2. The fourth-order valence-electron chi connectivity index (χ4n) is 2.93. The third-order valence-electron chi connectivity index (χ3n) is 4.60. The average Bonchev–Trinajstić information content (AvgIpc) is 3.07. The molecular weight excluding hydrogens is 452 g/mol. The number of aliphatic imine (C=N–C) groups is 1. The predicted octanol–water partition coefficient (Wildman–Crippen LogP) is 3.59. The standard InChI is InChI=1S/C23H25ClN2O5S/c1-3-10-25-22-26(18-7-5-4-6-15(18)2)21(28)20(32-22)12-16-8-9-19(17(24)11-16)31-14-23(29,30)13-27/h4-9,11-12,27,29-30H,3,10,13-14H2,1-2H3/b20-12-,25-22-. The fourth-order valence-corrected chi connectivity index (χ4v) is 4.17. The molecule has 1 aliphatic rings. The van der Waals surface area contributed by atoms with Gasteiger partial charge in [0.1, 0.15) is 19.0 Å². The van der Waals surface area contributed by atoms with Gasteiger partial charge in [-0.2, -0.15) is 0 Å². The van der Waals surface area contributed by atoms with E-state index in [1.54, 1.807) is 29.2 Å². The van der Waals surface area contributed by atoms with Gasteiger partial charge in [-0.05, 0) is 60.5 Å². The Morgan fingerprint density at radius 3 is 2.66 bits per heavy atom. The molecule has 0 bridgehead atoms. The van der Waals surface area contributed by atoms with E-state index >= 15 is 0 Å². The highest BCUT2D eigenvalue weighted by Gasteiger charge is 2.35. The number of aliphatic hydroxyl groups excluding tert-OH is 1. The average molecular weight is 477 g/mol. The zero-order valence-corrected chi connectivity index (χ0v) is 19.4. The van der Waals surface area contributed by atoms with Crippen LogP contribution in [0.15, 0.2) is 52.4 Å². The highest BCUT2D eigenvalue weighted by atomic mass is 35.5. The predicted molar refractivity (Wildman–Crippen MR) is 128 cm³/mol. The molecule has 1 saturated heterocycles. The van der Waals surface area contributed by atoms with E-state index in [4.69, 9.17) is 21.4 Å². The summed E-state index contributed by atoms with van der Waals surface area (Å²) in [6.07, 6.45) is 2.60. The Morgan fingerprint density at radius 1 is 1.25 bits per heavy atom. The van der Waals surface area contributed by atoms with E-state index in [0.29, 0.717) is 22.2 Å². The minimum absolute atomic E-state index is 0.163. The van der Waals surface area contributed by atoms with Gasteiger partial charge in [0.25, 0.3) is 5.91 Å². The topological polar surface area (TPSA) is 103 Å². The molecule has 1 fully saturated rings. The molecule has 7 nitrogen and oxygen atoms in total. The van der Waals surface area contributed by atoms with E-state index in [9.17, 15) is 15.0 Å². The van der Waals surface area contributed by atoms with Gasteiger partial charge >= 0.3 is 0 Å². The number of carbonyl (C=O) groups is 1. The van der Waals surface area contributed by atoms with Crippen LogP contribution in [0.3, 0.4) is 0 Å². The number of thioether (sulfide) groups is 1. The number of rotatable bonds is 8. The van der Waals surface area contributed by atoms with Crippen LogP contribution in [0.2, 0.25) is 5.02 Å². The Hall–Kier alpha value is -2.36. The van der Waals surface area contributed by atoms with E-state index in [-0.39, 0.29) is 16.7 Å². The van der Waals surface area contributed by atoms with Gasteiger partial charge in [0.05, 0.1) is 15.6 Å². The van der Waals surface area contributed by atoms with E-state index in [1.807, 2.05) is 38.1 Å². The van der Waals surface area contributed by atoms with Gasteiger partial charge in [0.15, 0.2) is 5.17 Å². The number of aliphatic hydroxyl groups is 3. The van der Waals surface area contributed by atoms with E-state index in [0.717, 1.165) is 17.7 Å². The second-order valence-electron chi connectivity index (χ2n) is 7.32. The molecule has 3 N–H and O–H groups in total. The Balaban J connectivity index is 1.87. The van der Waals surface area contributed by atoms with Crippen LogP contribution >= 0.6 is 23.4 Å². The van der Waals surface area contributed by atoms with Gasteiger partial charge in [0.2, 0.25) is 5.79 Å². The lowest BCUT2D eigenvalue weighted by Gasteiger charge is -2.19. The van der Waals surface area contributed by atoms with Crippen LogP contribution in [0, 0.1) is 6.92 Å². The zero-order valence-electron chi connectivity index (χ0n) is 17.8. The van der Waals surface area contributed by atoms with Crippen molar-refractivity contribution < 1.29 is 24.9 Å².